The maximum Gasteiger partial charge on any atom is 0.0602 e. The first-order chi connectivity index (χ1) is 6.36. The molecule has 0 saturated carbocycles. The fourth-order valence-corrected chi connectivity index (χ4v) is 4.49. The van der Waals surface area contributed by atoms with Gasteiger partial charge < -0.3 is 0 Å². The molecule has 2 aromatic rings. The van der Waals surface area contributed by atoms with Gasteiger partial charge in [-0.3, -0.25) is 0 Å². The Kier molecular flexibility index (Phi) is 3.49. The van der Waals surface area contributed by atoms with E-state index >= 15 is 0 Å². The zero-order valence-corrected chi connectivity index (χ0v) is 10.7. The summed E-state index contributed by atoms with van der Waals surface area (Å²) in [4.78, 5) is 1.42. The third kappa shape index (κ3) is 2.59. The van der Waals surface area contributed by atoms with Crippen LogP contribution in [0, 0.1) is 0 Å². The lowest BCUT2D eigenvalue weighted by Crippen LogP contribution is -1.72. The summed E-state index contributed by atoms with van der Waals surface area (Å²) >= 11 is 9.04. The molecule has 13 heavy (non-hydrogen) atoms. The van der Waals surface area contributed by atoms with Gasteiger partial charge in [-0.2, -0.15) is 0 Å². The van der Waals surface area contributed by atoms with Gasteiger partial charge in [-0.15, -0.1) is 34.4 Å². The molecule has 0 aliphatic carbocycles. The van der Waals surface area contributed by atoms with E-state index in [4.69, 9.17) is 0 Å². The normalized spacial score (nSPS) is 10.5. The lowest BCUT2D eigenvalue weighted by atomic mass is 10.5. The summed E-state index contributed by atoms with van der Waals surface area (Å²) in [5, 5.41) is 4.24. The molecule has 0 spiro atoms. The van der Waals surface area contributed by atoms with Crippen LogP contribution in [0.15, 0.2) is 37.6 Å². The van der Waals surface area contributed by atoms with Gasteiger partial charge in [0.2, 0.25) is 0 Å². The molecule has 0 aliphatic heterocycles. The van der Waals surface area contributed by atoms with Crippen molar-refractivity contribution in [3.05, 3.63) is 38.3 Å². The number of thioether (sulfide) groups is 1. The molecule has 2 aromatic heterocycles. The van der Waals surface area contributed by atoms with Crippen LogP contribution in [0.5, 0.6) is 0 Å². The van der Waals surface area contributed by atoms with E-state index in [-0.39, 0.29) is 0 Å². The lowest BCUT2D eigenvalue weighted by molar-refractivity contribution is 1.50. The van der Waals surface area contributed by atoms with Crippen LogP contribution >= 0.6 is 50.4 Å². The van der Waals surface area contributed by atoms with E-state index < -0.39 is 0 Å². The van der Waals surface area contributed by atoms with Crippen molar-refractivity contribution >= 4 is 50.4 Å². The van der Waals surface area contributed by atoms with Crippen molar-refractivity contribution in [2.24, 2.45) is 0 Å². The summed E-state index contributed by atoms with van der Waals surface area (Å²) in [6.45, 7) is 0. The highest BCUT2D eigenvalue weighted by Crippen LogP contribution is 2.32. The Balaban J connectivity index is 1.97. The molecule has 0 saturated heterocycles. The molecule has 0 N–H and O–H groups in total. The fourth-order valence-electron chi connectivity index (χ4n) is 0.910. The molecule has 0 amide bonds. The molecule has 0 fully saturated rings. The molecule has 0 aromatic carbocycles. The Morgan fingerprint density at radius 2 is 2.15 bits per heavy atom. The number of rotatable bonds is 3. The number of hydrogen-bond donors (Lipinski definition) is 0. The molecule has 0 radical (unpaired) electrons. The summed E-state index contributed by atoms with van der Waals surface area (Å²) < 4.78 is 2.63. The van der Waals surface area contributed by atoms with Crippen molar-refractivity contribution in [2.75, 3.05) is 0 Å². The Morgan fingerprint density at radius 3 is 2.77 bits per heavy atom. The predicted molar refractivity (Wildman–Crippen MR) is 65.9 cm³/mol. The van der Waals surface area contributed by atoms with Gasteiger partial charge in [-0.1, -0.05) is 6.07 Å². The minimum Gasteiger partial charge on any atom is -0.147 e. The van der Waals surface area contributed by atoms with E-state index in [1.165, 1.54) is 13.6 Å². The predicted octanol–water partition coefficient (Wildman–Crippen LogP) is 4.86. The van der Waals surface area contributed by atoms with Crippen molar-refractivity contribution < 1.29 is 0 Å². The first-order valence-corrected chi connectivity index (χ1v) is 7.28. The smallest absolute Gasteiger partial charge is 0.0602 e. The van der Waals surface area contributed by atoms with E-state index in [0.29, 0.717) is 0 Å². The SMILES string of the molecule is Brc1ccsc1CSc1cccs1. The average molecular weight is 291 g/mol. The zero-order chi connectivity index (χ0) is 9.10. The number of thiophene rings is 2. The highest BCUT2D eigenvalue weighted by Gasteiger charge is 2.02. The topological polar surface area (TPSA) is 0 Å². The molecule has 4 heteroatoms. The van der Waals surface area contributed by atoms with Gasteiger partial charge >= 0.3 is 0 Å². The maximum atomic E-state index is 3.53. The maximum absolute atomic E-state index is 3.53. The molecule has 0 atom stereocenters. The van der Waals surface area contributed by atoms with E-state index in [1.54, 1.807) is 11.3 Å². The van der Waals surface area contributed by atoms with Gasteiger partial charge in [0, 0.05) is 15.1 Å². The van der Waals surface area contributed by atoms with Crippen molar-refractivity contribution in [3.8, 4) is 0 Å². The number of hydrogen-bond acceptors (Lipinski definition) is 3. The van der Waals surface area contributed by atoms with Crippen LogP contribution in [0.2, 0.25) is 0 Å². The fraction of sp³-hybridized carbons (Fsp3) is 0.111. The lowest BCUT2D eigenvalue weighted by Gasteiger charge is -1.95. The third-order valence-corrected chi connectivity index (χ3v) is 5.80. The molecule has 0 aliphatic rings. The highest BCUT2D eigenvalue weighted by atomic mass is 79.9. The van der Waals surface area contributed by atoms with Crippen LogP contribution in [0.25, 0.3) is 0 Å². The van der Waals surface area contributed by atoms with Gasteiger partial charge in [0.1, 0.15) is 0 Å². The van der Waals surface area contributed by atoms with Crippen LogP contribution in [-0.4, -0.2) is 0 Å². The van der Waals surface area contributed by atoms with Crippen molar-refractivity contribution in [1.82, 2.24) is 0 Å². The minimum absolute atomic E-state index is 1.07. The molecular weight excluding hydrogens is 284 g/mol. The van der Waals surface area contributed by atoms with E-state index in [2.05, 4.69) is 44.9 Å². The molecule has 0 bridgehead atoms. The van der Waals surface area contributed by atoms with Crippen LogP contribution in [0.3, 0.4) is 0 Å². The largest absolute Gasteiger partial charge is 0.147 e. The quantitative estimate of drug-likeness (QED) is 0.727. The Hall–Kier alpha value is 0.230. The summed E-state index contributed by atoms with van der Waals surface area (Å²) in [7, 11) is 0. The van der Waals surface area contributed by atoms with Gasteiger partial charge in [-0.25, -0.2) is 0 Å². The highest BCUT2D eigenvalue weighted by molar-refractivity contribution is 9.10. The molecular formula is C9H7BrS3. The Labute approximate surface area is 98.1 Å². The molecule has 68 valence electrons. The monoisotopic (exact) mass is 290 g/mol. The van der Waals surface area contributed by atoms with Crippen LogP contribution in [0.4, 0.5) is 0 Å². The standard InChI is InChI=1S/C9H7BrS3/c10-7-3-5-11-8(7)6-13-9-2-1-4-12-9/h1-5H,6H2. The molecule has 2 heterocycles. The van der Waals surface area contributed by atoms with Crippen LogP contribution < -0.4 is 0 Å². The minimum atomic E-state index is 1.07. The number of halogens is 1. The summed E-state index contributed by atoms with van der Waals surface area (Å²) in [6.07, 6.45) is 0. The Bertz CT molecular complexity index is 364. The van der Waals surface area contributed by atoms with Gasteiger partial charge in [-0.05, 0) is 38.8 Å². The zero-order valence-electron chi connectivity index (χ0n) is 6.70. The second kappa shape index (κ2) is 4.64. The van der Waals surface area contributed by atoms with E-state index in [9.17, 15) is 0 Å². The summed E-state index contributed by atoms with van der Waals surface area (Å²) in [5.74, 6) is 1.07. The van der Waals surface area contributed by atoms with Crippen LogP contribution in [0.1, 0.15) is 4.88 Å². The van der Waals surface area contributed by atoms with Crippen molar-refractivity contribution in [1.29, 1.82) is 0 Å². The van der Waals surface area contributed by atoms with E-state index in [1.807, 2.05) is 23.1 Å². The first-order valence-electron chi connectivity index (χ1n) is 3.74. The second-order valence-corrected chi connectivity index (χ2v) is 6.49. The van der Waals surface area contributed by atoms with Gasteiger partial charge in [0.25, 0.3) is 0 Å². The molecule has 0 unspecified atom stereocenters. The van der Waals surface area contributed by atoms with Crippen LogP contribution in [-0.2, 0) is 5.75 Å². The average Bonchev–Trinajstić information content (AvgIpc) is 2.72. The van der Waals surface area contributed by atoms with Crippen molar-refractivity contribution in [2.45, 2.75) is 9.96 Å². The summed E-state index contributed by atoms with van der Waals surface area (Å²) in [6, 6.07) is 6.36. The van der Waals surface area contributed by atoms with E-state index in [0.717, 1.165) is 5.75 Å². The molecule has 2 rings (SSSR count). The Morgan fingerprint density at radius 1 is 1.23 bits per heavy atom. The van der Waals surface area contributed by atoms with Crippen molar-refractivity contribution in [3.63, 3.8) is 0 Å². The summed E-state index contributed by atoms with van der Waals surface area (Å²) in [5.41, 5.74) is 0. The first kappa shape index (κ1) is 9.77. The second-order valence-electron chi connectivity index (χ2n) is 2.41. The van der Waals surface area contributed by atoms with Gasteiger partial charge in [0.05, 0.1) is 4.21 Å². The third-order valence-electron chi connectivity index (χ3n) is 1.53. The molecule has 0 nitrogen and oxygen atoms in total. The van der Waals surface area contributed by atoms with Gasteiger partial charge in [0.15, 0.2) is 0 Å².